The Balaban J connectivity index is 1.88. The molecule has 0 bridgehead atoms. The molecular formula is C15H20N4. The molecule has 1 aromatic heterocycles. The Kier molecular flexibility index (Phi) is 3.36. The average molecular weight is 256 g/mol. The number of hydrazine groups is 1. The molecule has 3 N–H and O–H groups in total. The van der Waals surface area contributed by atoms with Crippen molar-refractivity contribution < 1.29 is 0 Å². The van der Waals surface area contributed by atoms with Gasteiger partial charge >= 0.3 is 0 Å². The standard InChI is InChI=1S/C15H20N4/c1-2-9-19-14(7-8-17-19)15(18-16)13-10-11-5-3-4-6-12(11)13/h3-8,13,15,18H,2,9-10,16H2,1H3. The highest BCUT2D eigenvalue weighted by Gasteiger charge is 2.34. The maximum Gasteiger partial charge on any atom is 0.0700 e. The van der Waals surface area contributed by atoms with Gasteiger partial charge in [0.05, 0.1) is 11.7 Å². The van der Waals surface area contributed by atoms with Crippen molar-refractivity contribution in [2.45, 2.75) is 38.3 Å². The molecule has 3 rings (SSSR count). The normalized spacial score (nSPS) is 18.7. The summed E-state index contributed by atoms with van der Waals surface area (Å²) in [6.07, 6.45) is 4.02. The predicted molar refractivity (Wildman–Crippen MR) is 75.5 cm³/mol. The topological polar surface area (TPSA) is 55.9 Å². The number of hydrogen-bond acceptors (Lipinski definition) is 3. The van der Waals surface area contributed by atoms with Crippen molar-refractivity contribution in [3.63, 3.8) is 0 Å². The summed E-state index contributed by atoms with van der Waals surface area (Å²) in [5.74, 6) is 6.26. The van der Waals surface area contributed by atoms with Crippen molar-refractivity contribution in [2.75, 3.05) is 0 Å². The fraction of sp³-hybridized carbons (Fsp3) is 0.400. The molecule has 1 aromatic carbocycles. The third kappa shape index (κ3) is 2.07. The Morgan fingerprint density at radius 3 is 3.00 bits per heavy atom. The molecule has 0 amide bonds. The molecule has 19 heavy (non-hydrogen) atoms. The van der Waals surface area contributed by atoms with Crippen LogP contribution < -0.4 is 11.3 Å². The lowest BCUT2D eigenvalue weighted by molar-refractivity contribution is 0.388. The Labute approximate surface area is 113 Å². The minimum absolute atomic E-state index is 0.143. The van der Waals surface area contributed by atoms with Crippen LogP contribution in [0, 0.1) is 0 Å². The second kappa shape index (κ2) is 5.15. The number of fused-ring (bicyclic) bond motifs is 1. The first-order chi connectivity index (χ1) is 9.35. The van der Waals surface area contributed by atoms with Crippen LogP contribution in [0.1, 0.15) is 42.1 Å². The van der Waals surface area contributed by atoms with Crippen LogP contribution >= 0.6 is 0 Å². The van der Waals surface area contributed by atoms with Crippen molar-refractivity contribution in [3.8, 4) is 0 Å². The minimum Gasteiger partial charge on any atom is -0.271 e. The Hall–Kier alpha value is -1.65. The van der Waals surface area contributed by atoms with Gasteiger partial charge in [0.25, 0.3) is 0 Å². The maximum atomic E-state index is 5.81. The van der Waals surface area contributed by atoms with Gasteiger partial charge in [0.2, 0.25) is 0 Å². The zero-order valence-electron chi connectivity index (χ0n) is 11.2. The predicted octanol–water partition coefficient (Wildman–Crippen LogP) is 2.14. The van der Waals surface area contributed by atoms with E-state index in [2.05, 4.69) is 52.5 Å². The number of benzene rings is 1. The van der Waals surface area contributed by atoms with Crippen LogP contribution in [0.3, 0.4) is 0 Å². The molecule has 0 saturated heterocycles. The highest BCUT2D eigenvalue weighted by molar-refractivity contribution is 5.42. The van der Waals surface area contributed by atoms with Crippen LogP contribution in [-0.2, 0) is 13.0 Å². The summed E-state index contributed by atoms with van der Waals surface area (Å²) in [4.78, 5) is 0. The van der Waals surface area contributed by atoms with E-state index >= 15 is 0 Å². The smallest absolute Gasteiger partial charge is 0.0700 e. The SMILES string of the molecule is CCCn1nccc1C(NN)C1Cc2ccccc21. The van der Waals surface area contributed by atoms with E-state index in [1.54, 1.807) is 0 Å². The summed E-state index contributed by atoms with van der Waals surface area (Å²) >= 11 is 0. The number of nitrogens with zero attached hydrogens (tertiary/aromatic N) is 2. The zero-order valence-corrected chi connectivity index (χ0v) is 11.2. The van der Waals surface area contributed by atoms with Crippen molar-refractivity contribution >= 4 is 0 Å². The van der Waals surface area contributed by atoms with Crippen LogP contribution in [0.4, 0.5) is 0 Å². The lowest BCUT2D eigenvalue weighted by atomic mass is 9.73. The average Bonchev–Trinajstić information content (AvgIpc) is 2.85. The van der Waals surface area contributed by atoms with E-state index in [-0.39, 0.29) is 6.04 Å². The Morgan fingerprint density at radius 2 is 2.26 bits per heavy atom. The summed E-state index contributed by atoms with van der Waals surface area (Å²) in [5.41, 5.74) is 7.02. The van der Waals surface area contributed by atoms with Gasteiger partial charge < -0.3 is 0 Å². The fourth-order valence-corrected chi connectivity index (χ4v) is 3.01. The summed E-state index contributed by atoms with van der Waals surface area (Å²) in [6, 6.07) is 10.8. The highest BCUT2D eigenvalue weighted by Crippen LogP contribution is 2.42. The number of aromatic nitrogens is 2. The van der Waals surface area contributed by atoms with Crippen LogP contribution in [-0.4, -0.2) is 9.78 Å². The molecule has 1 aliphatic carbocycles. The molecule has 2 unspecified atom stereocenters. The van der Waals surface area contributed by atoms with Crippen LogP contribution in [0.25, 0.3) is 0 Å². The molecule has 0 spiro atoms. The summed E-state index contributed by atoms with van der Waals surface area (Å²) in [5, 5.41) is 4.39. The number of nitrogens with two attached hydrogens (primary N) is 1. The zero-order chi connectivity index (χ0) is 13.2. The van der Waals surface area contributed by atoms with Gasteiger partial charge in [-0.1, -0.05) is 31.2 Å². The first-order valence-corrected chi connectivity index (χ1v) is 6.90. The number of rotatable bonds is 5. The van der Waals surface area contributed by atoms with E-state index in [0.717, 1.165) is 19.4 Å². The molecule has 1 heterocycles. The third-order valence-electron chi connectivity index (χ3n) is 3.98. The Morgan fingerprint density at radius 1 is 1.42 bits per heavy atom. The fourth-order valence-electron chi connectivity index (χ4n) is 3.01. The van der Waals surface area contributed by atoms with E-state index in [0.29, 0.717) is 5.92 Å². The summed E-state index contributed by atoms with van der Waals surface area (Å²) in [6.45, 7) is 3.10. The molecular weight excluding hydrogens is 236 g/mol. The number of hydrogen-bond donors (Lipinski definition) is 2. The van der Waals surface area contributed by atoms with Gasteiger partial charge in [0.15, 0.2) is 0 Å². The van der Waals surface area contributed by atoms with Gasteiger partial charge in [-0.25, -0.2) is 0 Å². The quantitative estimate of drug-likeness (QED) is 0.636. The summed E-state index contributed by atoms with van der Waals surface area (Å²) in [7, 11) is 0. The van der Waals surface area contributed by atoms with Crippen LogP contribution in [0.15, 0.2) is 36.5 Å². The molecule has 100 valence electrons. The third-order valence-corrected chi connectivity index (χ3v) is 3.98. The van der Waals surface area contributed by atoms with Gasteiger partial charge in [0, 0.05) is 18.7 Å². The first-order valence-electron chi connectivity index (χ1n) is 6.90. The van der Waals surface area contributed by atoms with Crippen LogP contribution in [0.5, 0.6) is 0 Å². The number of aryl methyl sites for hydroxylation is 1. The first kappa shape index (κ1) is 12.4. The van der Waals surface area contributed by atoms with Crippen LogP contribution in [0.2, 0.25) is 0 Å². The van der Waals surface area contributed by atoms with Gasteiger partial charge in [0.1, 0.15) is 0 Å². The second-order valence-corrected chi connectivity index (χ2v) is 5.13. The molecule has 0 saturated carbocycles. The monoisotopic (exact) mass is 256 g/mol. The summed E-state index contributed by atoms with van der Waals surface area (Å²) < 4.78 is 2.06. The van der Waals surface area contributed by atoms with E-state index < -0.39 is 0 Å². The van der Waals surface area contributed by atoms with E-state index in [1.165, 1.54) is 16.8 Å². The lowest BCUT2D eigenvalue weighted by Crippen LogP contribution is -2.38. The minimum atomic E-state index is 0.143. The highest BCUT2D eigenvalue weighted by atomic mass is 15.3. The van der Waals surface area contributed by atoms with Crippen molar-refractivity contribution in [1.29, 1.82) is 0 Å². The van der Waals surface area contributed by atoms with Gasteiger partial charge in [-0.2, -0.15) is 5.10 Å². The lowest BCUT2D eigenvalue weighted by Gasteiger charge is -2.36. The maximum absolute atomic E-state index is 5.81. The molecule has 1 aliphatic rings. The van der Waals surface area contributed by atoms with Gasteiger partial charge in [-0.3, -0.25) is 16.0 Å². The largest absolute Gasteiger partial charge is 0.271 e. The molecule has 2 atom stereocenters. The molecule has 4 nitrogen and oxygen atoms in total. The van der Waals surface area contributed by atoms with Crippen molar-refractivity contribution in [2.24, 2.45) is 5.84 Å². The van der Waals surface area contributed by atoms with E-state index in [4.69, 9.17) is 5.84 Å². The number of nitrogens with one attached hydrogen (secondary N) is 1. The molecule has 2 aromatic rings. The second-order valence-electron chi connectivity index (χ2n) is 5.13. The molecule has 4 heteroatoms. The van der Waals surface area contributed by atoms with E-state index in [9.17, 15) is 0 Å². The Bertz CT molecular complexity index is 561. The van der Waals surface area contributed by atoms with Gasteiger partial charge in [-0.05, 0) is 30.0 Å². The molecule has 0 radical (unpaired) electrons. The van der Waals surface area contributed by atoms with Crippen molar-refractivity contribution in [3.05, 3.63) is 53.3 Å². The molecule has 0 fully saturated rings. The van der Waals surface area contributed by atoms with E-state index in [1.807, 2.05) is 6.20 Å². The van der Waals surface area contributed by atoms with Gasteiger partial charge in [-0.15, -0.1) is 0 Å². The van der Waals surface area contributed by atoms with Crippen molar-refractivity contribution in [1.82, 2.24) is 15.2 Å². The molecule has 0 aliphatic heterocycles.